The minimum absolute atomic E-state index is 0.177. The Morgan fingerprint density at radius 1 is 1.21 bits per heavy atom. The second-order valence-corrected chi connectivity index (χ2v) is 6.82. The molecule has 8 nitrogen and oxygen atoms in total. The van der Waals surface area contributed by atoms with Crippen LogP contribution in [0.4, 0.5) is 11.4 Å². The predicted molar refractivity (Wildman–Crippen MR) is 110 cm³/mol. The van der Waals surface area contributed by atoms with Gasteiger partial charge in [0.2, 0.25) is 0 Å². The van der Waals surface area contributed by atoms with Crippen molar-refractivity contribution in [1.82, 2.24) is 9.78 Å². The number of aryl methyl sites for hydroxylation is 3. The molecule has 2 aromatic carbocycles. The highest BCUT2D eigenvalue weighted by Crippen LogP contribution is 2.33. The maximum Gasteiger partial charge on any atom is 0.275 e. The van der Waals surface area contributed by atoms with E-state index in [-0.39, 0.29) is 17.1 Å². The zero-order valence-corrected chi connectivity index (χ0v) is 16.7. The molecule has 0 fully saturated rings. The van der Waals surface area contributed by atoms with Crippen LogP contribution in [0, 0.1) is 30.9 Å². The van der Waals surface area contributed by atoms with E-state index in [0.29, 0.717) is 17.9 Å². The normalized spacial score (nSPS) is 10.6. The lowest BCUT2D eigenvalue weighted by molar-refractivity contribution is -0.384. The third-order valence-corrected chi connectivity index (χ3v) is 4.57. The van der Waals surface area contributed by atoms with Crippen LogP contribution in [0.25, 0.3) is 0 Å². The summed E-state index contributed by atoms with van der Waals surface area (Å²) in [6, 6.07) is 8.10. The quantitative estimate of drug-likeness (QED) is 0.479. The molecule has 0 aliphatic rings. The van der Waals surface area contributed by atoms with E-state index in [4.69, 9.17) is 4.74 Å². The fourth-order valence-corrected chi connectivity index (χ4v) is 2.91. The Morgan fingerprint density at radius 3 is 2.62 bits per heavy atom. The highest BCUT2D eigenvalue weighted by molar-refractivity contribution is 6.04. The van der Waals surface area contributed by atoms with Crippen LogP contribution in [-0.4, -0.2) is 20.6 Å². The van der Waals surface area contributed by atoms with Crippen LogP contribution in [0.1, 0.15) is 34.0 Å². The number of carbonyl (C=O) groups excluding carboxylic acids is 1. The Balaban J connectivity index is 1.92. The van der Waals surface area contributed by atoms with Crippen LogP contribution in [0.2, 0.25) is 0 Å². The van der Waals surface area contributed by atoms with E-state index in [1.165, 1.54) is 18.3 Å². The molecular weight excluding hydrogens is 372 g/mol. The summed E-state index contributed by atoms with van der Waals surface area (Å²) >= 11 is 0. The molecule has 0 bridgehead atoms. The van der Waals surface area contributed by atoms with E-state index in [2.05, 4.69) is 10.4 Å². The molecule has 0 unspecified atom stereocenters. The molecule has 0 saturated heterocycles. The van der Waals surface area contributed by atoms with E-state index in [1.807, 2.05) is 39.8 Å². The molecule has 1 amide bonds. The van der Waals surface area contributed by atoms with Crippen molar-refractivity contribution in [3.63, 3.8) is 0 Å². The first-order valence-electron chi connectivity index (χ1n) is 9.15. The van der Waals surface area contributed by atoms with Crippen LogP contribution in [0.5, 0.6) is 11.5 Å². The van der Waals surface area contributed by atoms with E-state index in [0.717, 1.165) is 16.7 Å². The highest BCUT2D eigenvalue weighted by Gasteiger charge is 2.16. The SMILES string of the molecule is CCn1cc(C(=O)Nc2cc(Oc3cc(C)cc(C)c3C)cc([N+](=O)[O-])c2)cn1. The number of hydrogen-bond donors (Lipinski definition) is 1. The molecule has 1 N–H and O–H groups in total. The number of nitro groups is 1. The summed E-state index contributed by atoms with van der Waals surface area (Å²) in [5, 5.41) is 18.1. The number of nitrogens with zero attached hydrogens (tertiary/aromatic N) is 3. The number of non-ortho nitro benzene ring substituents is 1. The fourth-order valence-electron chi connectivity index (χ4n) is 2.91. The standard InChI is InChI=1S/C21H22N4O4/c1-5-24-12-16(11-22-24)21(26)23-17-8-18(25(27)28)10-19(9-17)29-20-7-13(2)6-14(3)15(20)4/h6-12H,5H2,1-4H3,(H,23,26). The van der Waals surface area contributed by atoms with Gasteiger partial charge in [-0.05, 0) is 50.5 Å². The van der Waals surface area contributed by atoms with E-state index in [9.17, 15) is 14.9 Å². The Morgan fingerprint density at radius 2 is 1.97 bits per heavy atom. The van der Waals surface area contributed by atoms with Gasteiger partial charge in [-0.3, -0.25) is 19.6 Å². The summed E-state index contributed by atoms with van der Waals surface area (Å²) in [7, 11) is 0. The van der Waals surface area contributed by atoms with Gasteiger partial charge in [0.05, 0.1) is 28.4 Å². The second kappa shape index (κ2) is 8.14. The Kier molecular flexibility index (Phi) is 5.63. The number of anilines is 1. The summed E-state index contributed by atoms with van der Waals surface area (Å²) < 4.78 is 7.56. The van der Waals surface area contributed by atoms with Crippen LogP contribution in [0.15, 0.2) is 42.7 Å². The maximum atomic E-state index is 12.5. The number of benzene rings is 2. The molecule has 0 saturated carbocycles. The van der Waals surface area contributed by atoms with Gasteiger partial charge in [0.15, 0.2) is 0 Å². The number of hydrogen-bond acceptors (Lipinski definition) is 5. The van der Waals surface area contributed by atoms with Crippen molar-refractivity contribution in [2.75, 3.05) is 5.32 Å². The van der Waals surface area contributed by atoms with Crippen molar-refractivity contribution in [2.24, 2.45) is 0 Å². The largest absolute Gasteiger partial charge is 0.457 e. The average molecular weight is 394 g/mol. The van der Waals surface area contributed by atoms with Gasteiger partial charge in [-0.15, -0.1) is 0 Å². The molecule has 0 radical (unpaired) electrons. The topological polar surface area (TPSA) is 99.3 Å². The number of amides is 1. The van der Waals surface area contributed by atoms with Gasteiger partial charge in [0, 0.05) is 24.9 Å². The van der Waals surface area contributed by atoms with Crippen molar-refractivity contribution in [3.8, 4) is 11.5 Å². The van der Waals surface area contributed by atoms with Crippen molar-refractivity contribution in [1.29, 1.82) is 0 Å². The summed E-state index contributed by atoms with van der Waals surface area (Å²) in [6.07, 6.45) is 3.06. The molecule has 0 aliphatic heterocycles. The smallest absolute Gasteiger partial charge is 0.275 e. The monoisotopic (exact) mass is 394 g/mol. The molecule has 0 aliphatic carbocycles. The van der Waals surface area contributed by atoms with Gasteiger partial charge in [-0.2, -0.15) is 5.10 Å². The minimum Gasteiger partial charge on any atom is -0.457 e. The molecule has 0 spiro atoms. The Labute approximate surface area is 168 Å². The van der Waals surface area contributed by atoms with Crippen LogP contribution in [-0.2, 0) is 6.54 Å². The van der Waals surface area contributed by atoms with Crippen molar-refractivity contribution in [3.05, 3.63) is 75.1 Å². The minimum atomic E-state index is -0.522. The van der Waals surface area contributed by atoms with Crippen LogP contribution in [0.3, 0.4) is 0 Å². The first-order chi connectivity index (χ1) is 13.8. The molecule has 3 aromatic rings. The lowest BCUT2D eigenvalue weighted by Gasteiger charge is -2.13. The van der Waals surface area contributed by atoms with Gasteiger partial charge in [-0.25, -0.2) is 0 Å². The summed E-state index contributed by atoms with van der Waals surface area (Å²) in [6.45, 7) is 8.40. The van der Waals surface area contributed by atoms with Crippen molar-refractivity contribution < 1.29 is 14.5 Å². The first-order valence-corrected chi connectivity index (χ1v) is 9.15. The summed E-state index contributed by atoms with van der Waals surface area (Å²) in [4.78, 5) is 23.3. The molecule has 29 heavy (non-hydrogen) atoms. The summed E-state index contributed by atoms with van der Waals surface area (Å²) in [5.41, 5.74) is 3.49. The lowest BCUT2D eigenvalue weighted by Crippen LogP contribution is -2.11. The molecule has 1 aromatic heterocycles. The number of nitrogens with one attached hydrogen (secondary N) is 1. The maximum absolute atomic E-state index is 12.5. The third kappa shape index (κ3) is 4.60. The first kappa shape index (κ1) is 20.1. The van der Waals surface area contributed by atoms with Crippen LogP contribution < -0.4 is 10.1 Å². The van der Waals surface area contributed by atoms with Gasteiger partial charge < -0.3 is 10.1 Å². The summed E-state index contributed by atoms with van der Waals surface area (Å²) in [5.74, 6) is 0.482. The van der Waals surface area contributed by atoms with Gasteiger partial charge in [0.25, 0.3) is 11.6 Å². The number of nitro benzene ring substituents is 1. The number of aromatic nitrogens is 2. The predicted octanol–water partition coefficient (Wildman–Crippen LogP) is 4.78. The van der Waals surface area contributed by atoms with E-state index < -0.39 is 10.8 Å². The number of ether oxygens (including phenoxy) is 1. The van der Waals surface area contributed by atoms with E-state index >= 15 is 0 Å². The van der Waals surface area contributed by atoms with Gasteiger partial charge >= 0.3 is 0 Å². The zero-order chi connectivity index (χ0) is 21.1. The zero-order valence-electron chi connectivity index (χ0n) is 16.7. The fraction of sp³-hybridized carbons (Fsp3) is 0.238. The van der Waals surface area contributed by atoms with Gasteiger partial charge in [-0.1, -0.05) is 6.07 Å². The number of rotatable bonds is 6. The molecule has 150 valence electrons. The van der Waals surface area contributed by atoms with E-state index in [1.54, 1.807) is 16.9 Å². The lowest BCUT2D eigenvalue weighted by atomic mass is 10.1. The highest BCUT2D eigenvalue weighted by atomic mass is 16.6. The van der Waals surface area contributed by atoms with Gasteiger partial charge in [0.1, 0.15) is 11.5 Å². The third-order valence-electron chi connectivity index (χ3n) is 4.57. The van der Waals surface area contributed by atoms with Crippen LogP contribution >= 0.6 is 0 Å². The average Bonchev–Trinajstić information content (AvgIpc) is 3.15. The Hall–Kier alpha value is -3.68. The molecule has 3 rings (SSSR count). The number of carbonyl (C=O) groups is 1. The molecular formula is C21H22N4O4. The molecule has 8 heteroatoms. The molecule has 0 atom stereocenters. The second-order valence-electron chi connectivity index (χ2n) is 6.82. The van der Waals surface area contributed by atoms with Crippen molar-refractivity contribution >= 4 is 17.3 Å². The molecule has 1 heterocycles. The van der Waals surface area contributed by atoms with Crippen molar-refractivity contribution in [2.45, 2.75) is 34.2 Å². The Bertz CT molecular complexity index is 1090.